The standard InChI is InChI=1S/C21H26N2O3/c1-14-8-6-7-9-18(14)26-15(2)19(24)22-23-20(25)16-10-12-17(13-11-16)21(3,4)5/h6-13,15H,1-5H3,(H,22,24)(H,23,25)/t15-/m1/s1. The second-order valence-corrected chi connectivity index (χ2v) is 7.30. The number of hydrogen-bond acceptors (Lipinski definition) is 3. The summed E-state index contributed by atoms with van der Waals surface area (Å²) in [6.45, 7) is 9.86. The Balaban J connectivity index is 1.90. The van der Waals surface area contributed by atoms with Gasteiger partial charge in [0.15, 0.2) is 6.10 Å². The lowest BCUT2D eigenvalue weighted by Crippen LogP contribution is -2.47. The maximum atomic E-state index is 12.2. The zero-order valence-corrected chi connectivity index (χ0v) is 15.9. The molecule has 0 saturated heterocycles. The van der Waals surface area contributed by atoms with Gasteiger partial charge in [0.2, 0.25) is 0 Å². The van der Waals surface area contributed by atoms with Crippen LogP contribution in [-0.4, -0.2) is 17.9 Å². The van der Waals surface area contributed by atoms with Gasteiger partial charge in [0.1, 0.15) is 5.75 Å². The summed E-state index contributed by atoms with van der Waals surface area (Å²) in [7, 11) is 0. The first kappa shape index (κ1) is 19.5. The number of hydrazine groups is 1. The van der Waals surface area contributed by atoms with E-state index in [9.17, 15) is 9.59 Å². The Labute approximate surface area is 154 Å². The van der Waals surface area contributed by atoms with E-state index in [-0.39, 0.29) is 11.3 Å². The minimum Gasteiger partial charge on any atom is -0.481 e. The van der Waals surface area contributed by atoms with Gasteiger partial charge in [-0.15, -0.1) is 0 Å². The number of carbonyl (C=O) groups is 2. The molecule has 0 aliphatic carbocycles. The molecule has 0 bridgehead atoms. The molecule has 2 N–H and O–H groups in total. The Morgan fingerprint density at radius 1 is 0.962 bits per heavy atom. The van der Waals surface area contributed by atoms with Gasteiger partial charge in [-0.2, -0.15) is 0 Å². The van der Waals surface area contributed by atoms with Crippen molar-refractivity contribution in [3.8, 4) is 5.75 Å². The molecule has 0 saturated carbocycles. The summed E-state index contributed by atoms with van der Waals surface area (Å²) in [5.41, 5.74) is 7.40. The van der Waals surface area contributed by atoms with Crippen molar-refractivity contribution in [1.29, 1.82) is 0 Å². The second-order valence-electron chi connectivity index (χ2n) is 7.30. The number of ether oxygens (including phenoxy) is 1. The van der Waals surface area contributed by atoms with E-state index in [1.165, 1.54) is 0 Å². The van der Waals surface area contributed by atoms with Gasteiger partial charge in [-0.05, 0) is 48.6 Å². The van der Waals surface area contributed by atoms with Gasteiger partial charge in [0.25, 0.3) is 11.8 Å². The number of amides is 2. The quantitative estimate of drug-likeness (QED) is 0.826. The molecule has 0 radical (unpaired) electrons. The molecule has 5 heteroatoms. The Hall–Kier alpha value is -2.82. The van der Waals surface area contributed by atoms with Crippen LogP contribution in [0.15, 0.2) is 48.5 Å². The number of benzene rings is 2. The average Bonchev–Trinajstić information content (AvgIpc) is 2.60. The predicted molar refractivity (Wildman–Crippen MR) is 102 cm³/mol. The average molecular weight is 354 g/mol. The van der Waals surface area contributed by atoms with E-state index >= 15 is 0 Å². The minimum absolute atomic E-state index is 0.0194. The highest BCUT2D eigenvalue weighted by molar-refractivity contribution is 5.95. The van der Waals surface area contributed by atoms with Crippen LogP contribution in [0.3, 0.4) is 0 Å². The Morgan fingerprint density at radius 3 is 2.15 bits per heavy atom. The van der Waals surface area contributed by atoms with E-state index < -0.39 is 12.0 Å². The summed E-state index contributed by atoms with van der Waals surface area (Å²) in [6.07, 6.45) is -0.736. The van der Waals surface area contributed by atoms with Crippen LogP contribution in [0.5, 0.6) is 5.75 Å². The van der Waals surface area contributed by atoms with E-state index in [1.807, 2.05) is 37.3 Å². The number of hydrogen-bond donors (Lipinski definition) is 2. The number of rotatable bonds is 4. The van der Waals surface area contributed by atoms with Crippen molar-refractivity contribution in [1.82, 2.24) is 10.9 Å². The number of carbonyl (C=O) groups excluding carboxylic acids is 2. The molecule has 0 unspecified atom stereocenters. The van der Waals surface area contributed by atoms with Gasteiger partial charge in [-0.1, -0.05) is 51.1 Å². The van der Waals surface area contributed by atoms with Crippen molar-refractivity contribution in [3.05, 3.63) is 65.2 Å². The lowest BCUT2D eigenvalue weighted by molar-refractivity contribution is -0.128. The normalized spacial score (nSPS) is 12.2. The molecule has 0 heterocycles. The molecular formula is C21H26N2O3. The zero-order chi connectivity index (χ0) is 19.3. The molecule has 1 atom stereocenters. The third kappa shape index (κ3) is 5.09. The highest BCUT2D eigenvalue weighted by atomic mass is 16.5. The maximum absolute atomic E-state index is 12.2. The van der Waals surface area contributed by atoms with E-state index in [1.54, 1.807) is 25.1 Å². The monoisotopic (exact) mass is 354 g/mol. The molecule has 2 aromatic carbocycles. The lowest BCUT2D eigenvalue weighted by Gasteiger charge is -2.19. The molecule has 5 nitrogen and oxygen atoms in total. The third-order valence-electron chi connectivity index (χ3n) is 4.08. The molecule has 0 aromatic heterocycles. The molecular weight excluding hydrogens is 328 g/mol. The molecule has 2 amide bonds. The first-order valence-corrected chi connectivity index (χ1v) is 8.61. The number of aryl methyl sites for hydroxylation is 1. The lowest BCUT2D eigenvalue weighted by atomic mass is 9.87. The van der Waals surface area contributed by atoms with E-state index in [0.29, 0.717) is 11.3 Å². The van der Waals surface area contributed by atoms with E-state index in [4.69, 9.17) is 4.74 Å². The molecule has 26 heavy (non-hydrogen) atoms. The summed E-state index contributed by atoms with van der Waals surface area (Å²) < 4.78 is 5.63. The SMILES string of the molecule is Cc1ccccc1O[C@H](C)C(=O)NNC(=O)c1ccc(C(C)(C)C)cc1. The van der Waals surface area contributed by atoms with Gasteiger partial charge < -0.3 is 4.74 Å². The summed E-state index contributed by atoms with van der Waals surface area (Å²) in [5.74, 6) is -0.158. The summed E-state index contributed by atoms with van der Waals surface area (Å²) >= 11 is 0. The molecule has 2 aromatic rings. The molecule has 0 aliphatic heterocycles. The third-order valence-corrected chi connectivity index (χ3v) is 4.08. The van der Waals surface area contributed by atoms with Crippen LogP contribution in [0.1, 0.15) is 49.2 Å². The van der Waals surface area contributed by atoms with Crippen molar-refractivity contribution in [2.24, 2.45) is 0 Å². The summed E-state index contributed by atoms with van der Waals surface area (Å²) in [4.78, 5) is 24.3. The van der Waals surface area contributed by atoms with Gasteiger partial charge in [0.05, 0.1) is 0 Å². The highest BCUT2D eigenvalue weighted by Crippen LogP contribution is 2.22. The Bertz CT molecular complexity index is 777. The van der Waals surface area contributed by atoms with Crippen LogP contribution in [0.2, 0.25) is 0 Å². The predicted octanol–water partition coefficient (Wildman–Crippen LogP) is 3.52. The fourth-order valence-electron chi connectivity index (χ4n) is 2.35. The minimum atomic E-state index is -0.736. The van der Waals surface area contributed by atoms with Gasteiger partial charge >= 0.3 is 0 Å². The molecule has 138 valence electrons. The largest absolute Gasteiger partial charge is 0.481 e. The van der Waals surface area contributed by atoms with Crippen molar-refractivity contribution in [2.75, 3.05) is 0 Å². The summed E-state index contributed by atoms with van der Waals surface area (Å²) in [5, 5.41) is 0. The van der Waals surface area contributed by atoms with Gasteiger partial charge in [-0.25, -0.2) is 0 Å². The Morgan fingerprint density at radius 2 is 1.58 bits per heavy atom. The number of para-hydroxylation sites is 1. The fourth-order valence-corrected chi connectivity index (χ4v) is 2.35. The van der Waals surface area contributed by atoms with Crippen LogP contribution >= 0.6 is 0 Å². The van der Waals surface area contributed by atoms with Crippen molar-refractivity contribution >= 4 is 11.8 Å². The summed E-state index contributed by atoms with van der Waals surface area (Å²) in [6, 6.07) is 14.8. The smallest absolute Gasteiger partial charge is 0.279 e. The molecule has 2 rings (SSSR count). The van der Waals surface area contributed by atoms with Crippen LogP contribution in [-0.2, 0) is 10.2 Å². The first-order valence-electron chi connectivity index (χ1n) is 8.61. The zero-order valence-electron chi connectivity index (χ0n) is 15.9. The van der Waals surface area contributed by atoms with Gasteiger partial charge in [0, 0.05) is 5.56 Å². The molecule has 0 spiro atoms. The topological polar surface area (TPSA) is 67.4 Å². The fraction of sp³-hybridized carbons (Fsp3) is 0.333. The first-order chi connectivity index (χ1) is 12.2. The highest BCUT2D eigenvalue weighted by Gasteiger charge is 2.17. The Kier molecular flexibility index (Phi) is 6.03. The maximum Gasteiger partial charge on any atom is 0.279 e. The van der Waals surface area contributed by atoms with Crippen molar-refractivity contribution in [2.45, 2.75) is 46.1 Å². The number of nitrogens with one attached hydrogen (secondary N) is 2. The molecule has 0 fully saturated rings. The van der Waals surface area contributed by atoms with Crippen molar-refractivity contribution in [3.63, 3.8) is 0 Å². The van der Waals surface area contributed by atoms with Gasteiger partial charge in [-0.3, -0.25) is 20.4 Å². The van der Waals surface area contributed by atoms with E-state index in [2.05, 4.69) is 31.6 Å². The van der Waals surface area contributed by atoms with Crippen LogP contribution in [0.25, 0.3) is 0 Å². The molecule has 0 aliphatic rings. The van der Waals surface area contributed by atoms with Crippen LogP contribution in [0.4, 0.5) is 0 Å². The van der Waals surface area contributed by atoms with Crippen LogP contribution in [0, 0.1) is 6.92 Å². The van der Waals surface area contributed by atoms with Crippen molar-refractivity contribution < 1.29 is 14.3 Å². The second kappa shape index (κ2) is 8.04. The van der Waals surface area contributed by atoms with Crippen LogP contribution < -0.4 is 15.6 Å². The van der Waals surface area contributed by atoms with E-state index in [0.717, 1.165) is 11.1 Å².